The van der Waals surface area contributed by atoms with E-state index in [-0.39, 0.29) is 5.91 Å². The normalized spacial score (nSPS) is 17.2. The molecule has 31 heavy (non-hydrogen) atoms. The molecule has 4 rings (SSSR count). The van der Waals surface area contributed by atoms with E-state index in [1.54, 1.807) is 11.3 Å². The Morgan fingerprint density at radius 1 is 1.19 bits per heavy atom. The van der Waals surface area contributed by atoms with Gasteiger partial charge >= 0.3 is 0 Å². The van der Waals surface area contributed by atoms with Gasteiger partial charge in [-0.15, -0.1) is 11.3 Å². The van der Waals surface area contributed by atoms with Crippen molar-refractivity contribution in [2.75, 3.05) is 33.4 Å². The Bertz CT molecular complexity index is 837. The maximum absolute atomic E-state index is 12.7. The van der Waals surface area contributed by atoms with E-state index in [1.807, 2.05) is 24.3 Å². The SMILES string of the molecule is CN(CCOc1cccc(CNC(=O)c2cc3c(s2)CCCCC3)c1)C1CCOCC1. The predicted octanol–water partition coefficient (Wildman–Crippen LogP) is 4.44. The van der Waals surface area contributed by atoms with Gasteiger partial charge in [-0.05, 0) is 74.9 Å². The van der Waals surface area contributed by atoms with Crippen LogP contribution in [0.15, 0.2) is 30.3 Å². The molecule has 2 heterocycles. The summed E-state index contributed by atoms with van der Waals surface area (Å²) >= 11 is 1.67. The molecule has 1 saturated heterocycles. The van der Waals surface area contributed by atoms with E-state index in [0.29, 0.717) is 19.2 Å². The van der Waals surface area contributed by atoms with Crippen LogP contribution in [0.4, 0.5) is 0 Å². The number of nitrogens with one attached hydrogen (secondary N) is 1. The molecular formula is C25H34N2O3S. The third-order valence-corrected chi connectivity index (χ3v) is 7.58. The molecule has 2 aromatic rings. The number of likely N-dealkylation sites (N-methyl/N-ethyl adjacent to an activating group) is 1. The van der Waals surface area contributed by atoms with Crippen LogP contribution >= 0.6 is 11.3 Å². The summed E-state index contributed by atoms with van der Waals surface area (Å²) in [7, 11) is 2.16. The first-order valence-electron chi connectivity index (χ1n) is 11.6. The van der Waals surface area contributed by atoms with Gasteiger partial charge in [-0.3, -0.25) is 9.69 Å². The highest BCUT2D eigenvalue weighted by Crippen LogP contribution is 2.29. The summed E-state index contributed by atoms with van der Waals surface area (Å²) in [6.45, 7) is 3.79. The molecule has 1 amide bonds. The van der Waals surface area contributed by atoms with Crippen LogP contribution in [0.5, 0.6) is 5.75 Å². The molecule has 5 nitrogen and oxygen atoms in total. The average molecular weight is 443 g/mol. The van der Waals surface area contributed by atoms with E-state index in [9.17, 15) is 4.79 Å². The van der Waals surface area contributed by atoms with Gasteiger partial charge in [0.15, 0.2) is 0 Å². The summed E-state index contributed by atoms with van der Waals surface area (Å²) in [5, 5.41) is 3.08. The Hall–Kier alpha value is -1.89. The van der Waals surface area contributed by atoms with E-state index < -0.39 is 0 Å². The molecular weight excluding hydrogens is 408 g/mol. The molecule has 1 fully saturated rings. The Morgan fingerprint density at radius 2 is 2.03 bits per heavy atom. The minimum absolute atomic E-state index is 0.0301. The van der Waals surface area contributed by atoms with Gasteiger partial charge in [0.25, 0.3) is 5.91 Å². The van der Waals surface area contributed by atoms with Crippen LogP contribution in [0.1, 0.15) is 57.8 Å². The summed E-state index contributed by atoms with van der Waals surface area (Å²) < 4.78 is 11.4. The highest BCUT2D eigenvalue weighted by atomic mass is 32.1. The Morgan fingerprint density at radius 3 is 2.90 bits per heavy atom. The number of fused-ring (bicyclic) bond motifs is 1. The first kappa shape index (κ1) is 22.3. The van der Waals surface area contributed by atoms with Crippen LogP contribution in [0.2, 0.25) is 0 Å². The molecule has 168 valence electrons. The molecule has 6 heteroatoms. The molecule has 0 spiro atoms. The first-order valence-corrected chi connectivity index (χ1v) is 12.4. The topological polar surface area (TPSA) is 50.8 Å². The molecule has 0 saturated carbocycles. The summed E-state index contributed by atoms with van der Waals surface area (Å²) in [5.41, 5.74) is 2.44. The number of hydrogen-bond acceptors (Lipinski definition) is 5. The number of nitrogens with zero attached hydrogens (tertiary/aromatic N) is 1. The number of rotatable bonds is 8. The Kier molecular flexibility index (Phi) is 8.00. The molecule has 2 aliphatic rings. The monoisotopic (exact) mass is 442 g/mol. The zero-order valence-electron chi connectivity index (χ0n) is 18.5. The van der Waals surface area contributed by atoms with Crippen LogP contribution in [-0.2, 0) is 24.1 Å². The quantitative estimate of drug-likeness (QED) is 0.614. The number of benzene rings is 1. The third-order valence-electron chi connectivity index (χ3n) is 6.35. The second-order valence-electron chi connectivity index (χ2n) is 8.62. The third kappa shape index (κ3) is 6.31. The van der Waals surface area contributed by atoms with Gasteiger partial charge in [0.2, 0.25) is 0 Å². The smallest absolute Gasteiger partial charge is 0.261 e. The second kappa shape index (κ2) is 11.1. The summed E-state index contributed by atoms with van der Waals surface area (Å²) in [6, 6.07) is 10.7. The van der Waals surface area contributed by atoms with Crippen LogP contribution in [0.3, 0.4) is 0 Å². The summed E-state index contributed by atoms with van der Waals surface area (Å²) in [4.78, 5) is 17.3. The predicted molar refractivity (Wildman–Crippen MR) is 125 cm³/mol. The maximum Gasteiger partial charge on any atom is 0.261 e. The van der Waals surface area contributed by atoms with E-state index in [4.69, 9.17) is 9.47 Å². The molecule has 0 bridgehead atoms. The van der Waals surface area contributed by atoms with Gasteiger partial charge in [0.1, 0.15) is 12.4 Å². The Labute approximate surface area is 189 Å². The number of hydrogen-bond donors (Lipinski definition) is 1. The molecule has 1 aromatic carbocycles. The number of carbonyl (C=O) groups is 1. The van der Waals surface area contributed by atoms with Crippen molar-refractivity contribution in [1.82, 2.24) is 10.2 Å². The molecule has 1 aliphatic heterocycles. The lowest BCUT2D eigenvalue weighted by Gasteiger charge is -2.31. The molecule has 1 aromatic heterocycles. The lowest BCUT2D eigenvalue weighted by molar-refractivity contribution is 0.0392. The van der Waals surface area contributed by atoms with Crippen molar-refractivity contribution in [2.24, 2.45) is 0 Å². The van der Waals surface area contributed by atoms with Crippen molar-refractivity contribution in [3.05, 3.63) is 51.2 Å². The van der Waals surface area contributed by atoms with Crippen molar-refractivity contribution in [2.45, 2.75) is 57.5 Å². The average Bonchev–Trinajstić information content (AvgIpc) is 3.09. The van der Waals surface area contributed by atoms with Crippen LogP contribution in [-0.4, -0.2) is 50.3 Å². The minimum atomic E-state index is 0.0301. The fraction of sp³-hybridized carbons (Fsp3) is 0.560. The second-order valence-corrected chi connectivity index (χ2v) is 9.76. The van der Waals surface area contributed by atoms with Gasteiger partial charge in [-0.1, -0.05) is 18.6 Å². The van der Waals surface area contributed by atoms with Crippen LogP contribution < -0.4 is 10.1 Å². The molecule has 0 atom stereocenters. The minimum Gasteiger partial charge on any atom is -0.492 e. The lowest BCUT2D eigenvalue weighted by atomic mass is 10.1. The number of carbonyl (C=O) groups excluding carboxylic acids is 1. The largest absolute Gasteiger partial charge is 0.492 e. The number of amides is 1. The van der Waals surface area contributed by atoms with Gasteiger partial charge in [-0.25, -0.2) is 0 Å². The highest BCUT2D eigenvalue weighted by molar-refractivity contribution is 7.14. The number of ether oxygens (including phenoxy) is 2. The van der Waals surface area contributed by atoms with Crippen molar-refractivity contribution in [3.63, 3.8) is 0 Å². The molecule has 0 unspecified atom stereocenters. The zero-order chi connectivity index (χ0) is 21.5. The van der Waals surface area contributed by atoms with E-state index in [0.717, 1.165) is 61.6 Å². The van der Waals surface area contributed by atoms with Crippen molar-refractivity contribution in [3.8, 4) is 5.75 Å². The van der Waals surface area contributed by atoms with Gasteiger partial charge in [0.05, 0.1) is 4.88 Å². The van der Waals surface area contributed by atoms with Gasteiger partial charge in [0, 0.05) is 37.2 Å². The van der Waals surface area contributed by atoms with Gasteiger partial charge in [-0.2, -0.15) is 0 Å². The highest BCUT2D eigenvalue weighted by Gasteiger charge is 2.18. The summed E-state index contributed by atoms with van der Waals surface area (Å²) in [5.74, 6) is 0.887. The lowest BCUT2D eigenvalue weighted by Crippen LogP contribution is -2.38. The molecule has 0 radical (unpaired) electrons. The fourth-order valence-electron chi connectivity index (χ4n) is 4.41. The van der Waals surface area contributed by atoms with E-state index in [2.05, 4.69) is 23.3 Å². The van der Waals surface area contributed by atoms with Crippen LogP contribution in [0, 0.1) is 0 Å². The number of thiophene rings is 1. The molecule has 1 N–H and O–H groups in total. The van der Waals surface area contributed by atoms with Crippen molar-refractivity contribution in [1.29, 1.82) is 0 Å². The molecule has 1 aliphatic carbocycles. The van der Waals surface area contributed by atoms with Crippen molar-refractivity contribution < 1.29 is 14.3 Å². The van der Waals surface area contributed by atoms with Crippen LogP contribution in [0.25, 0.3) is 0 Å². The Balaban J connectivity index is 1.24. The fourth-order valence-corrected chi connectivity index (χ4v) is 5.58. The standard InChI is InChI=1S/C25H34N2O3S/c1-27(21-10-13-29-14-11-21)12-15-30-22-8-5-6-19(16-22)18-26-25(28)24-17-20-7-3-2-4-9-23(20)31-24/h5-6,8,16-17,21H,2-4,7,9-15,18H2,1H3,(H,26,28). The van der Waals surface area contributed by atoms with Crippen molar-refractivity contribution >= 4 is 17.2 Å². The van der Waals surface area contributed by atoms with Gasteiger partial charge < -0.3 is 14.8 Å². The number of aryl methyl sites for hydroxylation is 2. The van der Waals surface area contributed by atoms with E-state index >= 15 is 0 Å². The maximum atomic E-state index is 12.7. The van der Waals surface area contributed by atoms with E-state index in [1.165, 1.54) is 29.7 Å². The first-order chi connectivity index (χ1) is 15.2. The summed E-state index contributed by atoms with van der Waals surface area (Å²) in [6.07, 6.45) is 8.21. The zero-order valence-corrected chi connectivity index (χ0v) is 19.3.